The first kappa shape index (κ1) is 22.0. The number of nitrogens with one attached hydrogen (secondary N) is 1. The van der Waals surface area contributed by atoms with Crippen LogP contribution in [0.3, 0.4) is 0 Å². The van der Waals surface area contributed by atoms with Crippen LogP contribution in [0.15, 0.2) is 36.8 Å². The molecular weight excluding hydrogens is 443 g/mol. The molecule has 12 heteroatoms. The van der Waals surface area contributed by atoms with Crippen molar-refractivity contribution in [1.82, 2.24) is 24.8 Å². The van der Waals surface area contributed by atoms with Crippen molar-refractivity contribution in [2.24, 2.45) is 0 Å². The molecule has 3 aromatic rings. The lowest BCUT2D eigenvalue weighted by Crippen LogP contribution is -2.47. The number of fused-ring (bicyclic) bond motifs is 1. The minimum Gasteiger partial charge on any atom is -0.444 e. The first-order chi connectivity index (χ1) is 16.5. The van der Waals surface area contributed by atoms with Gasteiger partial charge in [-0.05, 0) is 35.6 Å². The summed E-state index contributed by atoms with van der Waals surface area (Å²) in [7, 11) is 0. The molecule has 178 valence electrons. The minimum atomic E-state index is -0.528. The number of hydrogen-bond acceptors (Lipinski definition) is 9. The summed E-state index contributed by atoms with van der Waals surface area (Å²) in [6.07, 6.45) is 5.00. The quantitative estimate of drug-likeness (QED) is 0.428. The molecule has 4 heterocycles. The predicted molar refractivity (Wildman–Crippen MR) is 123 cm³/mol. The van der Waals surface area contributed by atoms with Crippen LogP contribution in [0.2, 0.25) is 0 Å². The van der Waals surface area contributed by atoms with Crippen LogP contribution >= 0.6 is 0 Å². The molecule has 0 aliphatic carbocycles. The fourth-order valence-corrected chi connectivity index (χ4v) is 4.16. The minimum absolute atomic E-state index is 0.0100. The molecule has 0 spiro atoms. The van der Waals surface area contributed by atoms with Crippen molar-refractivity contribution < 1.29 is 14.1 Å². The summed E-state index contributed by atoms with van der Waals surface area (Å²) in [6.45, 7) is 6.44. The Morgan fingerprint density at radius 3 is 2.65 bits per heavy atom. The van der Waals surface area contributed by atoms with E-state index in [2.05, 4.69) is 30.1 Å². The van der Waals surface area contributed by atoms with Crippen molar-refractivity contribution in [2.75, 3.05) is 42.6 Å². The molecule has 0 amide bonds. The largest absolute Gasteiger partial charge is 0.444 e. The van der Waals surface area contributed by atoms with Gasteiger partial charge in [-0.15, -0.1) is 0 Å². The van der Waals surface area contributed by atoms with Crippen molar-refractivity contribution in [3.05, 3.63) is 63.8 Å². The number of halogens is 1. The first-order valence-corrected chi connectivity index (χ1v) is 11.1. The summed E-state index contributed by atoms with van der Waals surface area (Å²) in [5, 5.41) is 14.3. The second kappa shape index (κ2) is 9.21. The van der Waals surface area contributed by atoms with Crippen LogP contribution < -0.4 is 19.9 Å². The van der Waals surface area contributed by atoms with Crippen LogP contribution in [0.5, 0.6) is 6.01 Å². The Bertz CT molecular complexity index is 1180. The summed E-state index contributed by atoms with van der Waals surface area (Å²) in [6, 6.07) is 5.49. The molecular formula is C22H25FN8O3. The van der Waals surface area contributed by atoms with Crippen molar-refractivity contribution in [3.8, 4) is 6.01 Å². The van der Waals surface area contributed by atoms with Crippen LogP contribution in [-0.2, 0) is 13.1 Å². The van der Waals surface area contributed by atoms with Gasteiger partial charge in [0.05, 0.1) is 6.04 Å². The predicted octanol–water partition coefficient (Wildman–Crippen LogP) is 1.91. The fraction of sp³-hybridized carbons (Fsp3) is 0.409. The van der Waals surface area contributed by atoms with Crippen LogP contribution in [0.4, 0.5) is 21.8 Å². The molecule has 5 rings (SSSR count). The Morgan fingerprint density at radius 2 is 1.94 bits per heavy atom. The van der Waals surface area contributed by atoms with Crippen molar-refractivity contribution in [3.63, 3.8) is 0 Å². The van der Waals surface area contributed by atoms with Gasteiger partial charge in [-0.3, -0.25) is 4.57 Å². The molecule has 1 fully saturated rings. The van der Waals surface area contributed by atoms with Gasteiger partial charge in [0.15, 0.2) is 0 Å². The number of piperazine rings is 1. The van der Waals surface area contributed by atoms with Gasteiger partial charge in [-0.1, -0.05) is 0 Å². The number of aromatic nitrogens is 4. The lowest BCUT2D eigenvalue weighted by molar-refractivity contribution is -0.389. The van der Waals surface area contributed by atoms with Gasteiger partial charge >= 0.3 is 11.8 Å². The molecule has 2 aliphatic rings. The van der Waals surface area contributed by atoms with E-state index in [1.54, 1.807) is 11.5 Å². The SMILES string of the molecule is Cc1cc(N2CCN(c3ncc(CN[C@@H]4COc5nc([N+](=O)[O-])cn5C4)cn3)CC2)ccc1F. The van der Waals surface area contributed by atoms with Gasteiger partial charge in [0, 0.05) is 67.9 Å². The number of ether oxygens (including phenoxy) is 1. The van der Waals surface area contributed by atoms with E-state index in [9.17, 15) is 14.5 Å². The van der Waals surface area contributed by atoms with E-state index >= 15 is 0 Å². The Morgan fingerprint density at radius 1 is 1.21 bits per heavy atom. The highest BCUT2D eigenvalue weighted by molar-refractivity contribution is 5.50. The molecule has 0 bridgehead atoms. The maximum atomic E-state index is 13.5. The van der Waals surface area contributed by atoms with Crippen molar-refractivity contribution >= 4 is 17.5 Å². The average Bonchev–Trinajstić information content (AvgIpc) is 3.29. The van der Waals surface area contributed by atoms with Crippen molar-refractivity contribution in [1.29, 1.82) is 0 Å². The van der Waals surface area contributed by atoms with Crippen LogP contribution in [0.1, 0.15) is 11.1 Å². The Kier molecular flexibility index (Phi) is 5.97. The molecule has 2 aliphatic heterocycles. The molecule has 34 heavy (non-hydrogen) atoms. The van der Waals surface area contributed by atoms with E-state index in [4.69, 9.17) is 4.74 Å². The van der Waals surface area contributed by atoms with Gasteiger partial charge in [0.2, 0.25) is 5.95 Å². The van der Waals surface area contributed by atoms with Crippen LogP contribution in [0, 0.1) is 22.9 Å². The summed E-state index contributed by atoms with van der Waals surface area (Å²) in [4.78, 5) is 27.7. The lowest BCUT2D eigenvalue weighted by atomic mass is 10.2. The maximum Gasteiger partial charge on any atom is 0.414 e. The summed E-state index contributed by atoms with van der Waals surface area (Å²) in [5.41, 5.74) is 2.62. The summed E-state index contributed by atoms with van der Waals surface area (Å²) < 4.78 is 20.7. The van der Waals surface area contributed by atoms with Gasteiger partial charge in [-0.25, -0.2) is 14.4 Å². The molecule has 1 saturated heterocycles. The van der Waals surface area contributed by atoms with E-state index in [0.29, 0.717) is 31.2 Å². The average molecular weight is 468 g/mol. The van der Waals surface area contributed by atoms with Gasteiger partial charge in [0.1, 0.15) is 18.6 Å². The number of rotatable bonds is 6. The summed E-state index contributed by atoms with van der Waals surface area (Å²) >= 11 is 0. The number of benzene rings is 1. The highest BCUT2D eigenvalue weighted by Gasteiger charge is 2.27. The van der Waals surface area contributed by atoms with Crippen molar-refractivity contribution in [2.45, 2.75) is 26.1 Å². The smallest absolute Gasteiger partial charge is 0.414 e. The molecule has 1 aromatic carbocycles. The number of nitro groups is 1. The maximum absolute atomic E-state index is 13.5. The van der Waals surface area contributed by atoms with E-state index < -0.39 is 4.92 Å². The monoisotopic (exact) mass is 468 g/mol. The van der Waals surface area contributed by atoms with Crippen LogP contribution in [0.25, 0.3) is 0 Å². The number of nitrogens with zero attached hydrogens (tertiary/aromatic N) is 7. The second-order valence-electron chi connectivity index (χ2n) is 8.48. The van der Waals surface area contributed by atoms with E-state index in [1.807, 2.05) is 24.5 Å². The highest BCUT2D eigenvalue weighted by atomic mass is 19.1. The standard InChI is InChI=1S/C22H25FN8O3/c1-15-8-18(2-3-19(15)23)28-4-6-29(7-5-28)21-25-10-16(11-26-21)9-24-17-12-30-13-20(31(32)33)27-22(30)34-14-17/h2-3,8,10-11,13,17,24H,4-7,9,12,14H2,1H3/t17-/m0/s1. The molecule has 0 saturated carbocycles. The third-order valence-corrected chi connectivity index (χ3v) is 6.10. The number of anilines is 2. The van der Waals surface area contributed by atoms with E-state index in [1.165, 1.54) is 12.3 Å². The topological polar surface area (TPSA) is 114 Å². The van der Waals surface area contributed by atoms with Gasteiger partial charge in [-0.2, -0.15) is 0 Å². The Balaban J connectivity index is 1.12. The van der Waals surface area contributed by atoms with Gasteiger partial charge < -0.3 is 30.0 Å². The molecule has 0 unspecified atom stereocenters. The van der Waals surface area contributed by atoms with E-state index in [-0.39, 0.29) is 23.7 Å². The number of hydrogen-bond donors (Lipinski definition) is 1. The fourth-order valence-electron chi connectivity index (χ4n) is 4.16. The third-order valence-electron chi connectivity index (χ3n) is 6.10. The molecule has 11 nitrogen and oxygen atoms in total. The zero-order chi connectivity index (χ0) is 23.7. The number of imidazole rings is 1. The van der Waals surface area contributed by atoms with E-state index in [0.717, 1.165) is 37.4 Å². The molecule has 1 N–H and O–H groups in total. The zero-order valence-electron chi connectivity index (χ0n) is 18.7. The Labute approximate surface area is 195 Å². The zero-order valence-corrected chi connectivity index (χ0v) is 18.7. The third kappa shape index (κ3) is 4.62. The molecule has 1 atom stereocenters. The Hall–Kier alpha value is -3.80. The second-order valence-corrected chi connectivity index (χ2v) is 8.48. The molecule has 2 aromatic heterocycles. The number of aryl methyl sites for hydroxylation is 1. The lowest BCUT2D eigenvalue weighted by Gasteiger charge is -2.36. The normalized spacial score (nSPS) is 17.9. The molecule has 0 radical (unpaired) electrons. The first-order valence-electron chi connectivity index (χ1n) is 11.1. The highest BCUT2D eigenvalue weighted by Crippen LogP contribution is 2.22. The van der Waals surface area contributed by atoms with Crippen LogP contribution in [-0.4, -0.2) is 63.3 Å². The summed E-state index contributed by atoms with van der Waals surface area (Å²) in [5.74, 6) is 0.292. The van der Waals surface area contributed by atoms with Gasteiger partial charge in [0.25, 0.3) is 0 Å².